The molecular weight excluding hydrogens is 254 g/mol. The van der Waals surface area contributed by atoms with E-state index in [4.69, 9.17) is 4.74 Å². The van der Waals surface area contributed by atoms with Crippen LogP contribution in [0.1, 0.15) is 18.5 Å². The van der Waals surface area contributed by atoms with Gasteiger partial charge in [-0.15, -0.1) is 0 Å². The van der Waals surface area contributed by atoms with Crippen molar-refractivity contribution < 1.29 is 9.53 Å². The second-order valence-corrected chi connectivity index (χ2v) is 5.19. The van der Waals surface area contributed by atoms with Crippen LogP contribution in [-0.2, 0) is 16.1 Å². The standard InChI is InChI=1S/C15H23N3O2/c1-20-9-8-18(12-14-4-2-3-6-17-14)15(19)10-13-5-7-16-11-13/h2-4,6,13,16H,5,7-12H2,1H3/t13-/m0/s1. The molecule has 2 heterocycles. The number of aromatic nitrogens is 1. The van der Waals surface area contributed by atoms with Gasteiger partial charge in [-0.1, -0.05) is 6.07 Å². The number of pyridine rings is 1. The van der Waals surface area contributed by atoms with Crippen LogP contribution in [0.25, 0.3) is 0 Å². The van der Waals surface area contributed by atoms with E-state index in [1.54, 1.807) is 13.3 Å². The normalized spacial score (nSPS) is 18.1. The van der Waals surface area contributed by atoms with E-state index < -0.39 is 0 Å². The van der Waals surface area contributed by atoms with E-state index in [0.29, 0.717) is 32.0 Å². The zero-order valence-electron chi connectivity index (χ0n) is 12.0. The summed E-state index contributed by atoms with van der Waals surface area (Å²) in [5, 5.41) is 3.30. The van der Waals surface area contributed by atoms with Crippen molar-refractivity contribution >= 4 is 5.91 Å². The molecule has 0 saturated carbocycles. The molecule has 5 heteroatoms. The van der Waals surface area contributed by atoms with Gasteiger partial charge in [0.15, 0.2) is 0 Å². The monoisotopic (exact) mass is 277 g/mol. The van der Waals surface area contributed by atoms with Crippen LogP contribution in [0.5, 0.6) is 0 Å². The molecule has 1 aliphatic rings. The fraction of sp³-hybridized carbons (Fsp3) is 0.600. The van der Waals surface area contributed by atoms with Crippen molar-refractivity contribution in [3.05, 3.63) is 30.1 Å². The summed E-state index contributed by atoms with van der Waals surface area (Å²) in [6.45, 7) is 3.71. The highest BCUT2D eigenvalue weighted by molar-refractivity contribution is 5.76. The average Bonchev–Trinajstić information content (AvgIpc) is 2.97. The molecule has 110 valence electrons. The van der Waals surface area contributed by atoms with Gasteiger partial charge in [-0.05, 0) is 37.6 Å². The van der Waals surface area contributed by atoms with Crippen molar-refractivity contribution in [2.75, 3.05) is 33.4 Å². The maximum atomic E-state index is 12.4. The largest absolute Gasteiger partial charge is 0.383 e. The number of carbonyl (C=O) groups is 1. The smallest absolute Gasteiger partial charge is 0.223 e. The SMILES string of the molecule is COCCN(Cc1ccccn1)C(=O)C[C@@H]1CCNC1. The van der Waals surface area contributed by atoms with Crippen molar-refractivity contribution in [1.82, 2.24) is 15.2 Å². The van der Waals surface area contributed by atoms with Crippen LogP contribution in [0.15, 0.2) is 24.4 Å². The van der Waals surface area contributed by atoms with Gasteiger partial charge < -0.3 is 15.0 Å². The number of amides is 1. The number of hydrogen-bond donors (Lipinski definition) is 1. The maximum Gasteiger partial charge on any atom is 0.223 e. The van der Waals surface area contributed by atoms with E-state index >= 15 is 0 Å². The van der Waals surface area contributed by atoms with Crippen LogP contribution in [0.2, 0.25) is 0 Å². The van der Waals surface area contributed by atoms with Crippen molar-refractivity contribution in [3.8, 4) is 0 Å². The lowest BCUT2D eigenvalue weighted by Gasteiger charge is -2.23. The lowest BCUT2D eigenvalue weighted by Crippen LogP contribution is -2.35. The first-order valence-electron chi connectivity index (χ1n) is 7.17. The Morgan fingerprint density at radius 2 is 2.45 bits per heavy atom. The Balaban J connectivity index is 1.92. The van der Waals surface area contributed by atoms with E-state index in [9.17, 15) is 4.79 Å². The third-order valence-corrected chi connectivity index (χ3v) is 3.62. The quantitative estimate of drug-likeness (QED) is 0.809. The molecule has 1 amide bonds. The van der Waals surface area contributed by atoms with E-state index in [2.05, 4.69) is 10.3 Å². The van der Waals surface area contributed by atoms with E-state index in [0.717, 1.165) is 25.2 Å². The topological polar surface area (TPSA) is 54.5 Å². The highest BCUT2D eigenvalue weighted by atomic mass is 16.5. The molecule has 0 unspecified atom stereocenters. The Labute approximate surface area is 120 Å². The van der Waals surface area contributed by atoms with Gasteiger partial charge in [0, 0.05) is 26.3 Å². The molecule has 0 aliphatic carbocycles. The van der Waals surface area contributed by atoms with Gasteiger partial charge >= 0.3 is 0 Å². The molecule has 1 aromatic heterocycles. The Morgan fingerprint density at radius 3 is 3.10 bits per heavy atom. The van der Waals surface area contributed by atoms with Crippen molar-refractivity contribution in [2.45, 2.75) is 19.4 Å². The number of rotatable bonds is 7. The number of hydrogen-bond acceptors (Lipinski definition) is 4. The zero-order chi connectivity index (χ0) is 14.2. The Morgan fingerprint density at radius 1 is 1.55 bits per heavy atom. The van der Waals surface area contributed by atoms with Crippen LogP contribution in [-0.4, -0.2) is 49.1 Å². The van der Waals surface area contributed by atoms with Crippen LogP contribution < -0.4 is 5.32 Å². The van der Waals surface area contributed by atoms with Gasteiger partial charge in [-0.2, -0.15) is 0 Å². The molecule has 1 atom stereocenters. The summed E-state index contributed by atoms with van der Waals surface area (Å²) >= 11 is 0. The number of nitrogens with one attached hydrogen (secondary N) is 1. The van der Waals surface area contributed by atoms with Gasteiger partial charge in [-0.3, -0.25) is 9.78 Å². The maximum absolute atomic E-state index is 12.4. The second kappa shape index (κ2) is 7.97. The third-order valence-electron chi connectivity index (χ3n) is 3.62. The highest BCUT2D eigenvalue weighted by Crippen LogP contribution is 2.15. The molecule has 0 aromatic carbocycles. The molecule has 1 aliphatic heterocycles. The lowest BCUT2D eigenvalue weighted by atomic mass is 10.0. The first-order chi connectivity index (χ1) is 9.79. The molecule has 0 radical (unpaired) electrons. The Kier molecular flexibility index (Phi) is 5.95. The third kappa shape index (κ3) is 4.58. The van der Waals surface area contributed by atoms with Crippen LogP contribution >= 0.6 is 0 Å². The molecule has 2 rings (SSSR count). The molecule has 20 heavy (non-hydrogen) atoms. The molecule has 1 saturated heterocycles. The van der Waals surface area contributed by atoms with E-state index in [-0.39, 0.29) is 5.91 Å². The first kappa shape index (κ1) is 14.9. The van der Waals surface area contributed by atoms with Crippen LogP contribution in [0.4, 0.5) is 0 Å². The van der Waals surface area contributed by atoms with E-state index in [1.807, 2.05) is 23.1 Å². The predicted molar refractivity (Wildman–Crippen MR) is 77.1 cm³/mol. The van der Waals surface area contributed by atoms with Gasteiger partial charge in [0.25, 0.3) is 0 Å². The number of methoxy groups -OCH3 is 1. The minimum atomic E-state index is 0.196. The molecule has 0 spiro atoms. The Hall–Kier alpha value is -1.46. The zero-order valence-corrected chi connectivity index (χ0v) is 12.0. The number of carbonyl (C=O) groups excluding carboxylic acids is 1. The summed E-state index contributed by atoms with van der Waals surface area (Å²) < 4.78 is 5.10. The molecule has 1 fully saturated rings. The first-order valence-corrected chi connectivity index (χ1v) is 7.17. The van der Waals surface area contributed by atoms with Crippen LogP contribution in [0, 0.1) is 5.92 Å². The fourth-order valence-electron chi connectivity index (χ4n) is 2.45. The second-order valence-electron chi connectivity index (χ2n) is 5.19. The molecule has 1 aromatic rings. The molecule has 1 N–H and O–H groups in total. The summed E-state index contributed by atoms with van der Waals surface area (Å²) in [7, 11) is 1.66. The van der Waals surface area contributed by atoms with Gasteiger partial charge in [-0.25, -0.2) is 0 Å². The van der Waals surface area contributed by atoms with Crippen molar-refractivity contribution in [2.24, 2.45) is 5.92 Å². The average molecular weight is 277 g/mol. The van der Waals surface area contributed by atoms with Gasteiger partial charge in [0.1, 0.15) is 0 Å². The van der Waals surface area contributed by atoms with Gasteiger partial charge in [0.2, 0.25) is 5.91 Å². The number of nitrogens with zero attached hydrogens (tertiary/aromatic N) is 2. The summed E-state index contributed by atoms with van der Waals surface area (Å²) in [6.07, 6.45) is 3.46. The summed E-state index contributed by atoms with van der Waals surface area (Å²) in [5.41, 5.74) is 0.918. The van der Waals surface area contributed by atoms with Crippen molar-refractivity contribution in [3.63, 3.8) is 0 Å². The number of ether oxygens (including phenoxy) is 1. The van der Waals surface area contributed by atoms with E-state index in [1.165, 1.54) is 0 Å². The molecule has 5 nitrogen and oxygen atoms in total. The summed E-state index contributed by atoms with van der Waals surface area (Å²) in [4.78, 5) is 18.6. The summed E-state index contributed by atoms with van der Waals surface area (Å²) in [5.74, 6) is 0.665. The predicted octanol–water partition coefficient (Wildman–Crippen LogP) is 1.06. The minimum absolute atomic E-state index is 0.196. The summed E-state index contributed by atoms with van der Waals surface area (Å²) in [6, 6.07) is 5.78. The molecule has 0 bridgehead atoms. The van der Waals surface area contributed by atoms with Gasteiger partial charge in [0.05, 0.1) is 18.8 Å². The Bertz CT molecular complexity index is 405. The van der Waals surface area contributed by atoms with Crippen molar-refractivity contribution in [1.29, 1.82) is 0 Å². The van der Waals surface area contributed by atoms with Crippen LogP contribution in [0.3, 0.4) is 0 Å². The minimum Gasteiger partial charge on any atom is -0.383 e. The fourth-order valence-corrected chi connectivity index (χ4v) is 2.45. The highest BCUT2D eigenvalue weighted by Gasteiger charge is 2.22. The lowest BCUT2D eigenvalue weighted by molar-refractivity contribution is -0.133. The molecular formula is C15H23N3O2.